The minimum Gasteiger partial charge on any atom is -0.496 e. The van der Waals surface area contributed by atoms with Crippen molar-refractivity contribution in [3.05, 3.63) is 53.0 Å². The number of thiazole rings is 1. The zero-order valence-corrected chi connectivity index (χ0v) is 19.6. The van der Waals surface area contributed by atoms with Gasteiger partial charge in [0.05, 0.1) is 27.2 Å². The van der Waals surface area contributed by atoms with Crippen molar-refractivity contribution in [1.29, 1.82) is 0 Å². The number of ether oxygens (including phenoxy) is 1. The Kier molecular flexibility index (Phi) is 7.30. The average molecular weight is 462 g/mol. The first kappa shape index (κ1) is 23.2. The topological polar surface area (TPSA) is 97.4 Å². The molecule has 1 heterocycles. The fourth-order valence-corrected chi connectivity index (χ4v) is 5.45. The van der Waals surface area contributed by atoms with Gasteiger partial charge in [-0.2, -0.15) is 4.72 Å². The van der Waals surface area contributed by atoms with Crippen LogP contribution in [-0.2, 0) is 21.4 Å². The van der Waals surface area contributed by atoms with Crippen LogP contribution in [0.5, 0.6) is 5.75 Å². The summed E-state index contributed by atoms with van der Waals surface area (Å²) in [6, 6.07) is 11.3. The monoisotopic (exact) mass is 461 g/mol. The summed E-state index contributed by atoms with van der Waals surface area (Å²) in [4.78, 5) is 17.4. The van der Waals surface area contributed by atoms with Gasteiger partial charge >= 0.3 is 0 Å². The Hall–Kier alpha value is -2.49. The number of carbonyl (C=O) groups is 1. The summed E-state index contributed by atoms with van der Waals surface area (Å²) in [5.41, 5.74) is 1.57. The zero-order chi connectivity index (χ0) is 22.6. The first-order valence-corrected chi connectivity index (χ1v) is 12.3. The number of rotatable bonds is 9. The second-order valence-corrected chi connectivity index (χ2v) is 10.6. The summed E-state index contributed by atoms with van der Waals surface area (Å²) in [6.07, 6.45) is 0.374. The molecular formula is C22H27N3O4S2. The van der Waals surface area contributed by atoms with Crippen LogP contribution < -0.4 is 14.8 Å². The molecular weight excluding hydrogens is 434 g/mol. The second kappa shape index (κ2) is 9.76. The molecule has 0 saturated heterocycles. The minimum atomic E-state index is -3.88. The Morgan fingerprint density at radius 1 is 1.19 bits per heavy atom. The molecule has 1 aromatic heterocycles. The molecule has 0 bridgehead atoms. The van der Waals surface area contributed by atoms with Gasteiger partial charge in [0.15, 0.2) is 0 Å². The fraction of sp³-hybridized carbons (Fsp3) is 0.364. The fourth-order valence-electron chi connectivity index (χ4n) is 3.28. The van der Waals surface area contributed by atoms with Crippen LogP contribution in [0.1, 0.15) is 30.8 Å². The molecule has 2 aromatic carbocycles. The summed E-state index contributed by atoms with van der Waals surface area (Å²) < 4.78 is 34.7. The summed E-state index contributed by atoms with van der Waals surface area (Å²) in [6.45, 7) is 6.01. The molecule has 166 valence electrons. The van der Waals surface area contributed by atoms with Gasteiger partial charge in [-0.3, -0.25) is 4.79 Å². The minimum absolute atomic E-state index is 0.120. The first-order chi connectivity index (χ1) is 14.7. The number of benzene rings is 2. The van der Waals surface area contributed by atoms with Crippen LogP contribution >= 0.6 is 11.3 Å². The predicted molar refractivity (Wildman–Crippen MR) is 123 cm³/mol. The molecule has 0 unspecified atom stereocenters. The highest BCUT2D eigenvalue weighted by atomic mass is 32.2. The highest BCUT2D eigenvalue weighted by Gasteiger charge is 2.27. The third-order valence-electron chi connectivity index (χ3n) is 4.74. The van der Waals surface area contributed by atoms with Gasteiger partial charge in [0.2, 0.25) is 15.9 Å². The number of para-hydroxylation sites is 1. The number of carbonyl (C=O) groups excluding carboxylic acids is 1. The largest absolute Gasteiger partial charge is 0.496 e. The second-order valence-electron chi connectivity index (χ2n) is 7.70. The third-order valence-corrected chi connectivity index (χ3v) is 7.15. The van der Waals surface area contributed by atoms with E-state index in [2.05, 4.69) is 15.0 Å². The van der Waals surface area contributed by atoms with Crippen molar-refractivity contribution in [2.75, 3.05) is 7.11 Å². The maximum atomic E-state index is 13.0. The van der Waals surface area contributed by atoms with Crippen molar-refractivity contribution in [3.8, 4) is 5.75 Å². The van der Waals surface area contributed by atoms with Crippen molar-refractivity contribution in [3.63, 3.8) is 0 Å². The lowest BCUT2D eigenvalue weighted by molar-refractivity contribution is -0.123. The Morgan fingerprint density at radius 3 is 2.65 bits per heavy atom. The molecule has 0 aliphatic rings. The van der Waals surface area contributed by atoms with E-state index in [4.69, 9.17) is 4.74 Å². The molecule has 0 aliphatic carbocycles. The first-order valence-electron chi connectivity index (χ1n) is 9.98. The van der Waals surface area contributed by atoms with Crippen LogP contribution in [0.25, 0.3) is 10.2 Å². The Balaban J connectivity index is 1.78. The quantitative estimate of drug-likeness (QED) is 0.507. The summed E-state index contributed by atoms with van der Waals surface area (Å²) >= 11 is 1.43. The van der Waals surface area contributed by atoms with E-state index in [1.807, 2.05) is 45.0 Å². The number of hydrogen-bond donors (Lipinski definition) is 2. The van der Waals surface area contributed by atoms with Gasteiger partial charge in [0.25, 0.3) is 0 Å². The van der Waals surface area contributed by atoms with E-state index in [0.717, 1.165) is 20.8 Å². The van der Waals surface area contributed by atoms with E-state index < -0.39 is 16.1 Å². The number of aromatic nitrogens is 1. The highest BCUT2D eigenvalue weighted by Crippen LogP contribution is 2.25. The molecule has 2 N–H and O–H groups in total. The highest BCUT2D eigenvalue weighted by molar-refractivity contribution is 7.89. The molecule has 3 rings (SSSR count). The van der Waals surface area contributed by atoms with Crippen LogP contribution in [0, 0.1) is 12.8 Å². The molecule has 0 spiro atoms. The van der Waals surface area contributed by atoms with E-state index in [0.29, 0.717) is 12.2 Å². The zero-order valence-electron chi connectivity index (χ0n) is 18.0. The van der Waals surface area contributed by atoms with Gasteiger partial charge in [0, 0.05) is 12.1 Å². The van der Waals surface area contributed by atoms with Crippen molar-refractivity contribution in [2.24, 2.45) is 5.92 Å². The maximum Gasteiger partial charge on any atom is 0.241 e. The molecule has 0 fully saturated rings. The number of nitrogens with zero attached hydrogens (tertiary/aromatic N) is 1. The smallest absolute Gasteiger partial charge is 0.241 e. The third kappa shape index (κ3) is 5.81. The standard InChI is InChI=1S/C22H27N3O4S2/c1-14(2)11-19(22(26)23-13-16-7-5-6-8-20(16)29-4)25-31(27,28)17-9-10-18-21(12-17)30-15(3)24-18/h5-10,12,14,19,25H,11,13H2,1-4H3,(H,23,26)/t19-/m1/s1. The Bertz CT molecular complexity index is 1170. The van der Waals surface area contributed by atoms with Crippen LogP contribution in [0.15, 0.2) is 47.4 Å². The number of methoxy groups -OCH3 is 1. The SMILES string of the molecule is COc1ccccc1CNC(=O)[C@@H](CC(C)C)NS(=O)(=O)c1ccc2nc(C)sc2c1. The van der Waals surface area contributed by atoms with E-state index in [1.54, 1.807) is 19.2 Å². The van der Waals surface area contributed by atoms with Crippen molar-refractivity contribution in [1.82, 2.24) is 15.0 Å². The lowest BCUT2D eigenvalue weighted by Crippen LogP contribution is -2.47. The number of fused-ring (bicyclic) bond motifs is 1. The summed E-state index contributed by atoms with van der Waals surface area (Å²) in [5.74, 6) is 0.408. The Morgan fingerprint density at radius 2 is 1.94 bits per heavy atom. The molecule has 3 aromatic rings. The predicted octanol–water partition coefficient (Wildman–Crippen LogP) is 3.62. The number of nitrogens with one attached hydrogen (secondary N) is 2. The summed E-state index contributed by atoms with van der Waals surface area (Å²) in [5, 5.41) is 3.70. The number of hydrogen-bond acceptors (Lipinski definition) is 6. The van der Waals surface area contributed by atoms with E-state index in [9.17, 15) is 13.2 Å². The lowest BCUT2D eigenvalue weighted by Gasteiger charge is -2.20. The van der Waals surface area contributed by atoms with Gasteiger partial charge in [-0.1, -0.05) is 32.0 Å². The van der Waals surface area contributed by atoms with Gasteiger partial charge in [-0.05, 0) is 43.5 Å². The van der Waals surface area contributed by atoms with Crippen LogP contribution in [0.2, 0.25) is 0 Å². The van der Waals surface area contributed by atoms with Crippen LogP contribution in [0.4, 0.5) is 0 Å². The molecule has 9 heteroatoms. The van der Waals surface area contributed by atoms with Gasteiger partial charge in [0.1, 0.15) is 11.8 Å². The molecule has 0 saturated carbocycles. The van der Waals surface area contributed by atoms with E-state index in [1.165, 1.54) is 17.4 Å². The number of aryl methyl sites for hydroxylation is 1. The van der Waals surface area contributed by atoms with Gasteiger partial charge < -0.3 is 10.1 Å². The van der Waals surface area contributed by atoms with Crippen molar-refractivity contribution in [2.45, 2.75) is 44.7 Å². The van der Waals surface area contributed by atoms with Gasteiger partial charge in [-0.25, -0.2) is 13.4 Å². The normalized spacial score (nSPS) is 12.8. The molecule has 31 heavy (non-hydrogen) atoms. The molecule has 1 atom stereocenters. The lowest BCUT2D eigenvalue weighted by atomic mass is 10.0. The van der Waals surface area contributed by atoms with Crippen LogP contribution in [0.3, 0.4) is 0 Å². The maximum absolute atomic E-state index is 13.0. The average Bonchev–Trinajstić information content (AvgIpc) is 3.10. The van der Waals surface area contributed by atoms with Crippen molar-refractivity contribution < 1.29 is 17.9 Å². The number of sulfonamides is 1. The molecule has 0 radical (unpaired) electrons. The number of amides is 1. The van der Waals surface area contributed by atoms with Gasteiger partial charge in [-0.15, -0.1) is 11.3 Å². The van der Waals surface area contributed by atoms with Crippen LogP contribution in [-0.4, -0.2) is 32.5 Å². The molecule has 0 aliphatic heterocycles. The summed E-state index contributed by atoms with van der Waals surface area (Å²) in [7, 11) is -2.32. The Labute approximate surface area is 186 Å². The molecule has 1 amide bonds. The van der Waals surface area contributed by atoms with E-state index in [-0.39, 0.29) is 23.3 Å². The van der Waals surface area contributed by atoms with Crippen molar-refractivity contribution >= 4 is 37.5 Å². The van der Waals surface area contributed by atoms with E-state index >= 15 is 0 Å². The molecule has 7 nitrogen and oxygen atoms in total.